The maximum Gasteiger partial charge on any atom is 0.269 e. The van der Waals surface area contributed by atoms with Gasteiger partial charge >= 0.3 is 0 Å². The average Bonchev–Trinajstić information content (AvgIpc) is 2.65. The summed E-state index contributed by atoms with van der Waals surface area (Å²) in [6.45, 7) is 6.58. The molecule has 1 atom stereocenters. The molecule has 0 aliphatic carbocycles. The Labute approximate surface area is 162 Å². The molecule has 6 heteroatoms. The molecule has 0 fully saturated rings. The number of pyridine rings is 2. The highest BCUT2D eigenvalue weighted by Crippen LogP contribution is 2.34. The maximum absolute atomic E-state index is 13.6. The highest BCUT2D eigenvalue weighted by Gasteiger charge is 2.19. The van der Waals surface area contributed by atoms with Gasteiger partial charge in [-0.15, -0.1) is 0 Å². The molecule has 0 radical (unpaired) electrons. The summed E-state index contributed by atoms with van der Waals surface area (Å²) in [4.78, 5) is 8.30. The Morgan fingerprint density at radius 2 is 1.82 bits per heavy atom. The van der Waals surface area contributed by atoms with Crippen LogP contribution in [0.25, 0.3) is 22.0 Å². The first-order valence-corrected chi connectivity index (χ1v) is 9.30. The van der Waals surface area contributed by atoms with E-state index in [-0.39, 0.29) is 17.4 Å². The van der Waals surface area contributed by atoms with Crippen molar-refractivity contribution < 1.29 is 17.9 Å². The van der Waals surface area contributed by atoms with Gasteiger partial charge in [0.15, 0.2) is 0 Å². The van der Waals surface area contributed by atoms with Crippen molar-refractivity contribution in [3.63, 3.8) is 0 Å². The number of hydrogen-bond donors (Lipinski definition) is 0. The fourth-order valence-corrected chi connectivity index (χ4v) is 3.36. The monoisotopic (exact) mass is 388 g/mol. The Hall–Kier alpha value is -2.63. The zero-order chi connectivity index (χ0) is 20.3. The zero-order valence-electron chi connectivity index (χ0n) is 16.1. The first-order chi connectivity index (χ1) is 13.3. The van der Waals surface area contributed by atoms with E-state index < -0.39 is 12.2 Å². The van der Waals surface area contributed by atoms with Gasteiger partial charge in [-0.25, -0.2) is 18.2 Å². The molecule has 2 heterocycles. The number of hydrogen-bond acceptors (Lipinski definition) is 3. The van der Waals surface area contributed by atoms with E-state index in [1.54, 1.807) is 12.1 Å². The van der Waals surface area contributed by atoms with Gasteiger partial charge in [-0.05, 0) is 48.1 Å². The molecular formula is C22H23F3N2O. The molecule has 3 rings (SSSR count). The molecule has 0 spiro atoms. The van der Waals surface area contributed by atoms with Gasteiger partial charge in [0, 0.05) is 29.4 Å². The predicted molar refractivity (Wildman–Crippen MR) is 104 cm³/mol. The summed E-state index contributed by atoms with van der Waals surface area (Å²) < 4.78 is 46.3. The van der Waals surface area contributed by atoms with Crippen molar-refractivity contribution in [3.8, 4) is 17.0 Å². The molecule has 0 saturated heterocycles. The normalized spacial score (nSPS) is 12.7. The molecule has 1 aromatic carbocycles. The lowest BCUT2D eigenvalue weighted by molar-refractivity contribution is 0.140. The minimum atomic E-state index is -2.71. The largest absolute Gasteiger partial charge is 0.477 e. The lowest BCUT2D eigenvalue weighted by Crippen LogP contribution is -2.12. The minimum absolute atomic E-state index is 0.0428. The van der Waals surface area contributed by atoms with Gasteiger partial charge in [0.2, 0.25) is 5.88 Å². The first-order valence-electron chi connectivity index (χ1n) is 9.30. The third kappa shape index (κ3) is 4.61. The van der Waals surface area contributed by atoms with Crippen LogP contribution in [0.4, 0.5) is 13.2 Å². The summed E-state index contributed by atoms with van der Waals surface area (Å²) in [5.41, 5.74) is 1.39. The van der Waals surface area contributed by atoms with Crippen LogP contribution in [0.1, 0.15) is 39.2 Å². The summed E-state index contributed by atoms with van der Waals surface area (Å²) in [7, 11) is 0. The number of fused-ring (bicyclic) bond motifs is 1. The Bertz CT molecular complexity index is 960. The topological polar surface area (TPSA) is 35.0 Å². The van der Waals surface area contributed by atoms with Crippen molar-refractivity contribution >= 4 is 10.9 Å². The summed E-state index contributed by atoms with van der Waals surface area (Å²) in [6, 6.07) is 7.32. The first kappa shape index (κ1) is 20.1. The number of benzene rings is 1. The Kier molecular flexibility index (Phi) is 6.17. The number of rotatable bonds is 7. The SMILES string of the molecule is CC(C)C[C@H](C)COc1ncc(-c2ccnc3cc(F)ccc23)cc1C(F)F. The average molecular weight is 388 g/mol. The van der Waals surface area contributed by atoms with Crippen LogP contribution in [0, 0.1) is 17.7 Å². The van der Waals surface area contributed by atoms with Crippen LogP contribution in [0.5, 0.6) is 5.88 Å². The zero-order valence-corrected chi connectivity index (χ0v) is 16.1. The number of halogens is 3. The fourth-order valence-electron chi connectivity index (χ4n) is 3.36. The van der Waals surface area contributed by atoms with Crippen LogP contribution in [0.3, 0.4) is 0 Å². The molecule has 3 aromatic rings. The summed E-state index contributed by atoms with van der Waals surface area (Å²) in [6.07, 6.45) is 1.26. The molecular weight excluding hydrogens is 365 g/mol. The van der Waals surface area contributed by atoms with E-state index in [4.69, 9.17) is 4.74 Å². The molecule has 0 N–H and O–H groups in total. The number of alkyl halides is 2. The van der Waals surface area contributed by atoms with Crippen molar-refractivity contribution in [2.45, 2.75) is 33.6 Å². The Morgan fingerprint density at radius 1 is 1.04 bits per heavy atom. The van der Waals surface area contributed by atoms with Crippen LogP contribution in [-0.2, 0) is 0 Å². The minimum Gasteiger partial charge on any atom is -0.477 e. The number of aromatic nitrogens is 2. The van der Waals surface area contributed by atoms with E-state index in [2.05, 4.69) is 23.8 Å². The van der Waals surface area contributed by atoms with Crippen molar-refractivity contribution in [2.24, 2.45) is 11.8 Å². The third-order valence-electron chi connectivity index (χ3n) is 4.51. The summed E-state index contributed by atoms with van der Waals surface area (Å²) in [5, 5.41) is 0.671. The predicted octanol–water partition coefficient (Wildman–Crippen LogP) is 6.43. The molecule has 0 saturated carbocycles. The van der Waals surface area contributed by atoms with Gasteiger partial charge in [-0.1, -0.05) is 20.8 Å². The maximum atomic E-state index is 13.6. The van der Waals surface area contributed by atoms with Crippen LogP contribution < -0.4 is 4.74 Å². The van der Waals surface area contributed by atoms with E-state index in [0.29, 0.717) is 34.6 Å². The third-order valence-corrected chi connectivity index (χ3v) is 4.51. The van der Waals surface area contributed by atoms with Crippen molar-refractivity contribution in [1.29, 1.82) is 0 Å². The second kappa shape index (κ2) is 8.59. The van der Waals surface area contributed by atoms with Crippen LogP contribution >= 0.6 is 0 Å². The highest BCUT2D eigenvalue weighted by molar-refractivity contribution is 5.94. The standard InChI is InChI=1S/C22H23F3N2O/c1-13(2)8-14(3)12-28-22-19(21(24)25)9-15(11-27-22)17-6-7-26-20-10-16(23)4-5-18(17)20/h4-7,9-11,13-14,21H,8,12H2,1-3H3/t14-/m0/s1. The molecule has 0 aliphatic heterocycles. The van der Waals surface area contributed by atoms with Crippen molar-refractivity contribution in [2.75, 3.05) is 6.61 Å². The van der Waals surface area contributed by atoms with Crippen molar-refractivity contribution in [3.05, 3.63) is 54.1 Å². The summed E-state index contributed by atoms with van der Waals surface area (Å²) >= 11 is 0. The molecule has 0 amide bonds. The van der Waals surface area contributed by atoms with Gasteiger partial charge in [-0.3, -0.25) is 4.98 Å². The van der Waals surface area contributed by atoms with E-state index >= 15 is 0 Å². The quantitative estimate of drug-likeness (QED) is 0.467. The van der Waals surface area contributed by atoms with Gasteiger partial charge in [0.05, 0.1) is 17.7 Å². The van der Waals surface area contributed by atoms with Gasteiger partial charge in [0.1, 0.15) is 5.82 Å². The van der Waals surface area contributed by atoms with Crippen LogP contribution in [-0.4, -0.2) is 16.6 Å². The molecule has 28 heavy (non-hydrogen) atoms. The molecule has 148 valence electrons. The number of nitrogens with zero attached hydrogens (tertiary/aromatic N) is 2. The van der Waals surface area contributed by atoms with Crippen molar-refractivity contribution in [1.82, 2.24) is 9.97 Å². The molecule has 0 bridgehead atoms. The Balaban J connectivity index is 1.93. The van der Waals surface area contributed by atoms with Crippen LogP contribution in [0.15, 0.2) is 42.7 Å². The number of ether oxygens (including phenoxy) is 1. The van der Waals surface area contributed by atoms with E-state index in [0.717, 1.165) is 6.42 Å². The second-order valence-electron chi connectivity index (χ2n) is 7.48. The van der Waals surface area contributed by atoms with Gasteiger partial charge < -0.3 is 4.74 Å². The smallest absolute Gasteiger partial charge is 0.269 e. The molecule has 0 aliphatic rings. The summed E-state index contributed by atoms with van der Waals surface area (Å²) in [5.74, 6) is 0.306. The molecule has 0 unspecified atom stereocenters. The lowest BCUT2D eigenvalue weighted by Gasteiger charge is -2.17. The fraction of sp³-hybridized carbons (Fsp3) is 0.364. The lowest BCUT2D eigenvalue weighted by atomic mass is 10.00. The highest BCUT2D eigenvalue weighted by atomic mass is 19.3. The Morgan fingerprint density at radius 3 is 2.54 bits per heavy atom. The van der Waals surface area contributed by atoms with Gasteiger partial charge in [-0.2, -0.15) is 0 Å². The van der Waals surface area contributed by atoms with Gasteiger partial charge in [0.25, 0.3) is 6.43 Å². The van der Waals surface area contributed by atoms with E-state index in [1.165, 1.54) is 30.6 Å². The van der Waals surface area contributed by atoms with E-state index in [9.17, 15) is 13.2 Å². The molecule has 3 nitrogen and oxygen atoms in total. The van der Waals surface area contributed by atoms with Crippen LogP contribution in [0.2, 0.25) is 0 Å². The second-order valence-corrected chi connectivity index (χ2v) is 7.48. The molecule has 2 aromatic heterocycles. The van der Waals surface area contributed by atoms with E-state index in [1.807, 2.05) is 6.92 Å².